The minimum absolute atomic E-state index is 0.209. The van der Waals surface area contributed by atoms with Crippen molar-refractivity contribution in [1.82, 2.24) is 9.76 Å². The number of halogens is 2. The van der Waals surface area contributed by atoms with Gasteiger partial charge in [-0.3, -0.25) is 13.9 Å². The summed E-state index contributed by atoms with van der Waals surface area (Å²) in [5.74, 6) is -0.466. The van der Waals surface area contributed by atoms with Crippen LogP contribution in [-0.4, -0.2) is 89.6 Å². The molecule has 0 spiro atoms. The quantitative estimate of drug-likeness (QED) is 0.0912. The number of rotatable bonds is 14. The van der Waals surface area contributed by atoms with Gasteiger partial charge in [0.2, 0.25) is 0 Å². The highest BCUT2D eigenvalue weighted by atomic mass is 35.5. The predicted molar refractivity (Wildman–Crippen MR) is 126 cm³/mol. The van der Waals surface area contributed by atoms with Gasteiger partial charge in [-0.25, -0.2) is 9.76 Å². The van der Waals surface area contributed by atoms with Crippen LogP contribution >= 0.6 is 42.6 Å². The van der Waals surface area contributed by atoms with Crippen molar-refractivity contribution in [3.05, 3.63) is 0 Å². The van der Waals surface area contributed by atoms with Crippen molar-refractivity contribution < 1.29 is 32.0 Å². The molecule has 0 radical (unpaired) electrons. The highest BCUT2D eigenvalue weighted by Gasteiger charge is 2.37. The van der Waals surface area contributed by atoms with E-state index in [2.05, 4.69) is 5.09 Å². The van der Waals surface area contributed by atoms with E-state index in [1.54, 1.807) is 4.67 Å². The molecule has 1 aliphatic heterocycles. The standard InChI is InChI=1S/C9H19Cl2N2O5PS2.C6H14N2O2/c10-2-4-13(5-3-11)19(14)12-9(1-6-18-19)20-7-8-21(15,16)17;7-4-2-1-3-5(8)6(9)10/h9H,1-8H2,(H,12,14)(H,15,16,17);5H,1-4,7-8H2,(H,9,10)/t9-,19-;5-/m10/s1. The molecule has 0 bridgehead atoms. The Morgan fingerprint density at radius 3 is 2.42 bits per heavy atom. The number of carboxylic acid groups (broad SMARTS) is 1. The number of alkyl halides is 2. The molecule has 1 fully saturated rings. The Morgan fingerprint density at radius 1 is 1.32 bits per heavy atom. The number of nitrogens with zero attached hydrogens (tertiary/aromatic N) is 1. The molecule has 186 valence electrons. The summed E-state index contributed by atoms with van der Waals surface area (Å²) in [4.78, 5) is 10.1. The Labute approximate surface area is 198 Å². The first-order valence-electron chi connectivity index (χ1n) is 9.64. The first kappa shape index (κ1) is 31.3. The molecule has 1 rings (SSSR count). The molecule has 7 N–H and O–H groups in total. The first-order valence-corrected chi connectivity index (χ1v) is 14.9. The van der Waals surface area contributed by atoms with Crippen molar-refractivity contribution in [3.8, 4) is 0 Å². The highest BCUT2D eigenvalue weighted by molar-refractivity contribution is 8.01. The van der Waals surface area contributed by atoms with Crippen LogP contribution in [0, 0.1) is 0 Å². The van der Waals surface area contributed by atoms with Crippen LogP contribution < -0.4 is 16.6 Å². The van der Waals surface area contributed by atoms with Crippen LogP contribution in [0.2, 0.25) is 0 Å². The van der Waals surface area contributed by atoms with E-state index in [1.807, 2.05) is 0 Å². The van der Waals surface area contributed by atoms with Gasteiger partial charge in [-0.05, 0) is 25.8 Å². The zero-order valence-electron chi connectivity index (χ0n) is 17.2. The molecule has 1 heterocycles. The molecule has 31 heavy (non-hydrogen) atoms. The second-order valence-electron chi connectivity index (χ2n) is 6.48. The molecule has 11 nitrogen and oxygen atoms in total. The number of aliphatic carboxylic acids is 1. The van der Waals surface area contributed by atoms with E-state index < -0.39 is 29.8 Å². The monoisotopic (exact) mass is 546 g/mol. The van der Waals surface area contributed by atoms with Crippen molar-refractivity contribution in [2.24, 2.45) is 11.5 Å². The van der Waals surface area contributed by atoms with E-state index >= 15 is 0 Å². The largest absolute Gasteiger partial charge is 0.480 e. The van der Waals surface area contributed by atoms with E-state index in [1.165, 1.54) is 11.8 Å². The average Bonchev–Trinajstić information content (AvgIpc) is 2.67. The van der Waals surface area contributed by atoms with Gasteiger partial charge in [0.15, 0.2) is 0 Å². The van der Waals surface area contributed by atoms with E-state index in [9.17, 15) is 17.8 Å². The molecule has 0 aliphatic carbocycles. The maximum Gasteiger partial charge on any atom is 0.344 e. The lowest BCUT2D eigenvalue weighted by Gasteiger charge is -2.36. The Bertz CT molecular complexity index is 657. The molecule has 16 heteroatoms. The smallest absolute Gasteiger partial charge is 0.344 e. The minimum atomic E-state index is -3.98. The second-order valence-corrected chi connectivity index (χ2v) is 12.2. The van der Waals surface area contributed by atoms with Crippen LogP contribution in [0.3, 0.4) is 0 Å². The van der Waals surface area contributed by atoms with Crippen LogP contribution in [0.5, 0.6) is 0 Å². The number of nitrogens with two attached hydrogens (primary N) is 2. The predicted octanol–water partition coefficient (Wildman–Crippen LogP) is 1.36. The molecule has 0 amide bonds. The molecule has 3 atom stereocenters. The fourth-order valence-electron chi connectivity index (χ4n) is 2.35. The third-order valence-corrected chi connectivity index (χ3v) is 8.96. The lowest BCUT2D eigenvalue weighted by molar-refractivity contribution is -0.138. The van der Waals surface area contributed by atoms with E-state index in [0.29, 0.717) is 50.8 Å². The SMILES string of the molecule is NCCCC[C@H](N)C(=O)O.O=[P@]1(N(CCCl)CCCl)N[C@H](SCCS(=O)(=O)O)CCO1. The zero-order valence-corrected chi connectivity index (χ0v) is 21.2. The Kier molecular flexibility index (Phi) is 17.1. The summed E-state index contributed by atoms with van der Waals surface area (Å²) < 4.78 is 49.8. The number of nitrogens with one attached hydrogen (secondary N) is 1. The van der Waals surface area contributed by atoms with Crippen molar-refractivity contribution in [3.63, 3.8) is 0 Å². The molecular formula is C15H33Cl2N4O7PS2. The maximum atomic E-state index is 12.8. The molecular weight excluding hydrogens is 514 g/mol. The van der Waals surface area contributed by atoms with Crippen LogP contribution in [0.25, 0.3) is 0 Å². The minimum Gasteiger partial charge on any atom is -0.480 e. The topological polar surface area (TPSA) is 185 Å². The zero-order chi connectivity index (χ0) is 23.9. The van der Waals surface area contributed by atoms with Gasteiger partial charge in [0, 0.05) is 30.6 Å². The normalized spacial score (nSPS) is 22.6. The van der Waals surface area contributed by atoms with Crippen LogP contribution in [0.4, 0.5) is 0 Å². The maximum absolute atomic E-state index is 12.8. The molecule has 1 saturated heterocycles. The van der Waals surface area contributed by atoms with Gasteiger partial charge in [0.05, 0.1) is 17.7 Å². The summed E-state index contributed by atoms with van der Waals surface area (Å²) >= 11 is 12.7. The average molecular weight is 547 g/mol. The van der Waals surface area contributed by atoms with Gasteiger partial charge in [0.1, 0.15) is 6.04 Å². The number of carbonyl (C=O) groups is 1. The van der Waals surface area contributed by atoms with Gasteiger partial charge >= 0.3 is 13.6 Å². The third-order valence-electron chi connectivity index (χ3n) is 3.96. The third kappa shape index (κ3) is 15.0. The van der Waals surface area contributed by atoms with Gasteiger partial charge in [-0.1, -0.05) is 6.42 Å². The van der Waals surface area contributed by atoms with Gasteiger partial charge in [-0.2, -0.15) is 8.42 Å². The van der Waals surface area contributed by atoms with E-state index in [4.69, 9.17) is 48.9 Å². The number of carboxylic acids is 1. The van der Waals surface area contributed by atoms with E-state index in [0.717, 1.165) is 12.8 Å². The molecule has 0 unspecified atom stereocenters. The summed E-state index contributed by atoms with van der Waals surface area (Å²) in [7, 11) is -7.19. The van der Waals surface area contributed by atoms with Gasteiger partial charge in [-0.15, -0.1) is 35.0 Å². The molecule has 0 aromatic rings. The van der Waals surface area contributed by atoms with Crippen LogP contribution in [0.15, 0.2) is 0 Å². The van der Waals surface area contributed by atoms with Crippen molar-refractivity contribution >= 4 is 58.7 Å². The second kappa shape index (κ2) is 16.9. The van der Waals surface area contributed by atoms with Gasteiger partial charge < -0.3 is 21.1 Å². The van der Waals surface area contributed by atoms with E-state index in [-0.39, 0.29) is 16.9 Å². The summed E-state index contributed by atoms with van der Waals surface area (Å²) in [5.41, 5.74) is 10.4. The summed E-state index contributed by atoms with van der Waals surface area (Å²) in [6.45, 7) is 1.66. The fraction of sp³-hybridized carbons (Fsp3) is 0.933. The highest BCUT2D eigenvalue weighted by Crippen LogP contribution is 2.50. The Morgan fingerprint density at radius 2 is 1.94 bits per heavy atom. The van der Waals surface area contributed by atoms with Gasteiger partial charge in [0.25, 0.3) is 10.1 Å². The van der Waals surface area contributed by atoms with Crippen molar-refractivity contribution in [2.45, 2.75) is 37.1 Å². The summed E-state index contributed by atoms with van der Waals surface area (Å²) in [5, 5.41) is 11.0. The first-order chi connectivity index (χ1) is 14.5. The summed E-state index contributed by atoms with van der Waals surface area (Å²) in [6.07, 6.45) is 2.76. The Balaban J connectivity index is 0.000000759. The number of unbranched alkanes of at least 4 members (excludes halogenated alkanes) is 1. The van der Waals surface area contributed by atoms with Crippen molar-refractivity contribution in [1.29, 1.82) is 0 Å². The molecule has 0 aromatic heterocycles. The summed E-state index contributed by atoms with van der Waals surface area (Å²) in [6, 6.07) is -0.716. The van der Waals surface area contributed by atoms with Crippen molar-refractivity contribution in [2.75, 3.05) is 49.5 Å². The fourth-order valence-corrected chi connectivity index (χ4v) is 7.44. The molecule has 0 saturated carbocycles. The Hall–Kier alpha value is 0.340. The molecule has 1 aliphatic rings. The number of hydrogen-bond donors (Lipinski definition) is 5. The number of hydrogen-bond acceptors (Lipinski definition) is 8. The lowest BCUT2D eigenvalue weighted by atomic mass is 10.1. The van der Waals surface area contributed by atoms with Crippen LogP contribution in [-0.2, 0) is 24.0 Å². The van der Waals surface area contributed by atoms with Crippen LogP contribution in [0.1, 0.15) is 25.7 Å². The lowest BCUT2D eigenvalue weighted by Crippen LogP contribution is -2.40. The molecule has 0 aromatic carbocycles. The number of thioether (sulfide) groups is 1.